The van der Waals surface area contributed by atoms with Gasteiger partial charge in [0.1, 0.15) is 0 Å². The topological polar surface area (TPSA) is 3.24 Å². The summed E-state index contributed by atoms with van der Waals surface area (Å²) < 4.78 is 36.9. The molecule has 0 amide bonds. The van der Waals surface area contributed by atoms with Crippen LogP contribution in [0, 0.1) is 5.92 Å². The molecule has 1 atom stereocenters. The van der Waals surface area contributed by atoms with Gasteiger partial charge in [0.2, 0.25) is 0 Å². The third kappa shape index (κ3) is 5.89. The normalized spacial score (nSPS) is 22.3. The Balaban J connectivity index is 0.00000196. The fourth-order valence-corrected chi connectivity index (χ4v) is 1.89. The van der Waals surface area contributed by atoms with Crippen molar-refractivity contribution in [1.29, 1.82) is 0 Å². The van der Waals surface area contributed by atoms with Crippen LogP contribution < -0.4 is 51.4 Å². The maximum atomic E-state index is 12.3. The average molecular weight is 245 g/mol. The molecule has 1 unspecified atom stereocenters. The van der Waals surface area contributed by atoms with Crippen LogP contribution in [-0.2, 0) is 0 Å². The predicted molar refractivity (Wildman–Crippen MR) is 53.1 cm³/mol. The number of allylic oxidation sites excluding steroid dienone is 2. The van der Waals surface area contributed by atoms with Crippen molar-refractivity contribution < 1.29 is 64.3 Å². The van der Waals surface area contributed by atoms with Crippen molar-refractivity contribution in [2.75, 3.05) is 20.6 Å². The molecule has 0 spiro atoms. The van der Waals surface area contributed by atoms with Gasteiger partial charge < -0.3 is 17.8 Å². The first-order chi connectivity index (χ1) is 6.39. The van der Waals surface area contributed by atoms with E-state index in [0.717, 1.165) is 6.54 Å². The van der Waals surface area contributed by atoms with E-state index in [-0.39, 0.29) is 63.3 Å². The van der Waals surface area contributed by atoms with Crippen LogP contribution in [0.5, 0.6) is 0 Å². The molecular formula is C9H16BF3KN. The SMILES string of the molecule is CN(C)CC1CC=C([B-](F)(F)F)CC1.[K+]. The van der Waals surface area contributed by atoms with E-state index < -0.39 is 6.98 Å². The van der Waals surface area contributed by atoms with Crippen molar-refractivity contribution in [3.8, 4) is 0 Å². The molecule has 0 heterocycles. The minimum Gasteiger partial charge on any atom is -0.445 e. The molecule has 82 valence electrons. The first-order valence-electron chi connectivity index (χ1n) is 4.93. The summed E-state index contributed by atoms with van der Waals surface area (Å²) in [6.07, 6.45) is 2.85. The number of rotatable bonds is 3. The Labute approximate surface area is 132 Å². The van der Waals surface area contributed by atoms with Crippen LogP contribution in [0.15, 0.2) is 11.5 Å². The maximum absolute atomic E-state index is 12.3. The molecule has 1 nitrogen and oxygen atoms in total. The zero-order valence-electron chi connectivity index (χ0n) is 9.64. The summed E-state index contributed by atoms with van der Waals surface area (Å²) in [6, 6.07) is 0. The van der Waals surface area contributed by atoms with Crippen LogP contribution in [-0.4, -0.2) is 32.5 Å². The first-order valence-corrected chi connectivity index (χ1v) is 4.93. The molecule has 1 aliphatic carbocycles. The molecule has 15 heavy (non-hydrogen) atoms. The van der Waals surface area contributed by atoms with Crippen molar-refractivity contribution in [3.05, 3.63) is 11.5 Å². The first kappa shape index (κ1) is 16.2. The van der Waals surface area contributed by atoms with Gasteiger partial charge in [0.25, 0.3) is 0 Å². The third-order valence-electron chi connectivity index (χ3n) is 2.60. The maximum Gasteiger partial charge on any atom is 1.00 e. The summed E-state index contributed by atoms with van der Waals surface area (Å²) in [5.74, 6) is 0.395. The molecule has 0 N–H and O–H groups in total. The van der Waals surface area contributed by atoms with Gasteiger partial charge in [-0.05, 0) is 32.9 Å². The van der Waals surface area contributed by atoms with E-state index in [1.807, 2.05) is 19.0 Å². The molecule has 0 aliphatic heterocycles. The van der Waals surface area contributed by atoms with Crippen molar-refractivity contribution >= 4 is 6.98 Å². The predicted octanol–water partition coefficient (Wildman–Crippen LogP) is -0.335. The van der Waals surface area contributed by atoms with Crippen LogP contribution in [0.4, 0.5) is 12.9 Å². The standard InChI is InChI=1S/C9H16BF3N.K/c1-14(2)7-8-3-5-9(6-4-8)10(11,12)13;/h5,8H,3-4,6-7H2,1-2H3;/q-1;+1. The fourth-order valence-electron chi connectivity index (χ4n) is 1.89. The summed E-state index contributed by atoms with van der Waals surface area (Å²) in [5.41, 5.74) is -0.278. The number of nitrogens with zero attached hydrogens (tertiary/aromatic N) is 1. The minimum atomic E-state index is -4.72. The summed E-state index contributed by atoms with van der Waals surface area (Å²) in [5, 5.41) is 0. The van der Waals surface area contributed by atoms with Gasteiger partial charge in [-0.3, -0.25) is 0 Å². The zero-order chi connectivity index (χ0) is 10.8. The zero-order valence-corrected chi connectivity index (χ0v) is 12.8. The van der Waals surface area contributed by atoms with Gasteiger partial charge in [-0.25, -0.2) is 0 Å². The molecule has 1 aliphatic rings. The van der Waals surface area contributed by atoms with E-state index in [1.165, 1.54) is 6.08 Å². The van der Waals surface area contributed by atoms with Gasteiger partial charge in [0.05, 0.1) is 0 Å². The molecule has 0 aromatic carbocycles. The monoisotopic (exact) mass is 245 g/mol. The van der Waals surface area contributed by atoms with E-state index in [0.29, 0.717) is 18.8 Å². The average Bonchev–Trinajstić information content (AvgIpc) is 2.02. The van der Waals surface area contributed by atoms with Crippen LogP contribution in [0.2, 0.25) is 0 Å². The molecule has 0 saturated heterocycles. The molecule has 0 bridgehead atoms. The Hall–Kier alpha value is 1.19. The summed E-state index contributed by atoms with van der Waals surface area (Å²) in [6.45, 7) is -3.84. The minimum absolute atomic E-state index is 0. The molecule has 0 radical (unpaired) electrons. The Morgan fingerprint density at radius 3 is 2.33 bits per heavy atom. The number of hydrogen-bond acceptors (Lipinski definition) is 1. The Kier molecular flexibility index (Phi) is 7.35. The summed E-state index contributed by atoms with van der Waals surface area (Å²) in [4.78, 5) is 2.03. The smallest absolute Gasteiger partial charge is 0.445 e. The van der Waals surface area contributed by atoms with Gasteiger partial charge in [0.15, 0.2) is 0 Å². The molecule has 0 fully saturated rings. The quantitative estimate of drug-likeness (QED) is 0.615. The number of hydrogen-bond donors (Lipinski definition) is 0. The second kappa shape index (κ2) is 6.81. The van der Waals surface area contributed by atoms with Crippen LogP contribution >= 0.6 is 0 Å². The van der Waals surface area contributed by atoms with E-state index in [4.69, 9.17) is 0 Å². The van der Waals surface area contributed by atoms with Crippen molar-refractivity contribution in [2.24, 2.45) is 5.92 Å². The summed E-state index contributed by atoms with van der Waals surface area (Å²) in [7, 11) is 3.90. The number of halogens is 3. The van der Waals surface area contributed by atoms with Crippen molar-refractivity contribution in [3.63, 3.8) is 0 Å². The van der Waals surface area contributed by atoms with Crippen molar-refractivity contribution in [2.45, 2.75) is 19.3 Å². The van der Waals surface area contributed by atoms with E-state index in [9.17, 15) is 12.9 Å². The van der Waals surface area contributed by atoms with Gasteiger partial charge in [-0.15, -0.1) is 11.5 Å². The van der Waals surface area contributed by atoms with Gasteiger partial charge >= 0.3 is 58.4 Å². The van der Waals surface area contributed by atoms with E-state index in [1.54, 1.807) is 0 Å². The van der Waals surface area contributed by atoms with Crippen LogP contribution in [0.25, 0.3) is 0 Å². The third-order valence-corrected chi connectivity index (χ3v) is 2.60. The van der Waals surface area contributed by atoms with Crippen molar-refractivity contribution in [1.82, 2.24) is 4.90 Å². The van der Waals surface area contributed by atoms with Gasteiger partial charge in [-0.2, -0.15) is 0 Å². The molecule has 0 aromatic rings. The second-order valence-corrected chi connectivity index (χ2v) is 4.26. The van der Waals surface area contributed by atoms with Gasteiger partial charge in [-0.1, -0.05) is 6.42 Å². The van der Waals surface area contributed by atoms with Crippen LogP contribution in [0.3, 0.4) is 0 Å². The Morgan fingerprint density at radius 1 is 1.40 bits per heavy atom. The summed E-state index contributed by atoms with van der Waals surface area (Å²) >= 11 is 0. The molecule has 1 rings (SSSR count). The Morgan fingerprint density at radius 2 is 2.00 bits per heavy atom. The molecular weight excluding hydrogens is 229 g/mol. The second-order valence-electron chi connectivity index (χ2n) is 4.26. The molecule has 6 heteroatoms. The molecule has 0 saturated carbocycles. The largest absolute Gasteiger partial charge is 1.00 e. The van der Waals surface area contributed by atoms with E-state index in [2.05, 4.69) is 0 Å². The Bertz CT molecular complexity index is 228. The van der Waals surface area contributed by atoms with Crippen LogP contribution in [0.1, 0.15) is 19.3 Å². The van der Waals surface area contributed by atoms with E-state index >= 15 is 0 Å². The van der Waals surface area contributed by atoms with Gasteiger partial charge in [0, 0.05) is 6.54 Å². The molecule has 0 aromatic heterocycles. The fraction of sp³-hybridized carbons (Fsp3) is 0.778.